The zero-order chi connectivity index (χ0) is 62.0. The van der Waals surface area contributed by atoms with E-state index in [-0.39, 0.29) is 236 Å². The van der Waals surface area contributed by atoms with Gasteiger partial charge >= 0.3 is 177 Å². The minimum absolute atomic E-state index is 0. The second-order valence-corrected chi connectivity index (χ2v) is 27.0. The van der Waals surface area contributed by atoms with Gasteiger partial charge < -0.3 is 47.7 Å². The summed E-state index contributed by atoms with van der Waals surface area (Å²) in [6.07, 6.45) is 6.75. The van der Waals surface area contributed by atoms with Crippen LogP contribution >= 0.6 is 0 Å². The Hall–Kier alpha value is -0.700. The molecule has 40 heteroatoms. The molecule has 0 bridgehead atoms. The van der Waals surface area contributed by atoms with Crippen LogP contribution in [0.1, 0.15) is 113 Å². The van der Waals surface area contributed by atoms with E-state index in [4.69, 9.17) is 0 Å². The molecule has 2 N–H and O–H groups in total. The van der Waals surface area contributed by atoms with Crippen LogP contribution in [0.25, 0.3) is 12.2 Å². The Morgan fingerprint density at radius 3 is 1.21 bits per heavy atom. The molecule has 0 aliphatic rings. The molecule has 0 aliphatic carbocycles. The first-order valence-electron chi connectivity index (χ1n) is 25.7. The van der Waals surface area contributed by atoms with Crippen LogP contribution in [0.3, 0.4) is 0 Å². The van der Waals surface area contributed by atoms with Crippen LogP contribution in [0.4, 0.5) is 35.2 Å². The molecule has 6 aromatic rings. The predicted molar refractivity (Wildman–Crippen MR) is 298 cm³/mol. The predicted octanol–water partition coefficient (Wildman–Crippen LogP) is -12.8. The van der Waals surface area contributed by atoms with Crippen molar-refractivity contribution in [1.82, 2.24) is 29.9 Å². The Morgan fingerprint density at radius 1 is 0.400 bits per heavy atom. The summed E-state index contributed by atoms with van der Waals surface area (Å²) >= 11 is 0. The van der Waals surface area contributed by atoms with Crippen molar-refractivity contribution >= 4 is 108 Å². The normalized spacial score (nSPS) is 11.8. The Balaban J connectivity index is 0.0000132. The first kappa shape index (κ1) is 89.3. The van der Waals surface area contributed by atoms with Crippen LogP contribution in [0, 0.1) is 0 Å². The van der Waals surface area contributed by atoms with E-state index in [1.165, 1.54) is 18.2 Å². The largest absolute Gasteiger partial charge is 1.00 e. The number of anilines is 6. The maximum Gasteiger partial charge on any atom is 1.00 e. The SMILES string of the molecule is CCCCN(CCCC)c1nc(Cc2cc(S(=O)(=O)[O-])ccc2S(=O)(=O)[O-])nc(Nc2ccc(/C=C/c3ccc(Cc4nc(Nc5cc(S(=O)(=O)[O-])ccc5S(=O)(=O)[O-])nc(N(CCCC)CCCC)n4)cc3S(=O)(=O)[O-])c(S(=O)(=O)[O-])c2)n1.[Na+].[Na+].[Na+].[Na+].[Na+].[Na+]. The summed E-state index contributed by atoms with van der Waals surface area (Å²) in [5, 5.41) is 5.31. The van der Waals surface area contributed by atoms with Crippen molar-refractivity contribution in [3.05, 3.63) is 107 Å². The summed E-state index contributed by atoms with van der Waals surface area (Å²) in [5.41, 5.74) is -1.69. The van der Waals surface area contributed by atoms with Crippen LogP contribution in [0.15, 0.2) is 102 Å². The van der Waals surface area contributed by atoms with Gasteiger partial charge in [0.25, 0.3) is 0 Å². The number of nitrogens with zero attached hydrogens (tertiary/aromatic N) is 8. The first-order chi connectivity index (χ1) is 39.2. The molecule has 0 atom stereocenters. The fraction of sp³-hybridized carbons (Fsp3) is 0.360. The van der Waals surface area contributed by atoms with Gasteiger partial charge in [0, 0.05) is 44.7 Å². The fourth-order valence-corrected chi connectivity index (χ4v) is 12.0. The third-order valence-corrected chi connectivity index (χ3v) is 17.7. The van der Waals surface area contributed by atoms with E-state index in [9.17, 15) is 77.8 Å². The standard InChI is InChI=1S/C50H62N10O18S6.6Na/c1-5-9-23-59(24-10-6-2)49-55-45(53-48(58-49)52-40-32-39(80(64,65)66)20-22-42(40)82(70,71)72)28-33-13-14-34(43(27-33)83(73,74)75)15-16-35-17-18-37(31-44(35)84(76,77)78)51-47-54-46(56-50(57-47)60(25-11-7-3)26-12-8-4)30-36-29-38(79(61,62)63)19-21-41(36)81(67,68)69;;;;;;/h13-22,27,29,31-32H,5-12,23-26,28,30H2,1-4H3,(H,61,62,63)(H,64,65,66)(H,67,68,69)(H,70,71,72)(H,73,74,75)(H,76,77,78)(H,51,54,56,57)(H,52,53,55,58);;;;;;/q;6*+1/p-6/b16-15+;;;;;;. The topological polar surface area (TPSA) is 451 Å². The molecule has 0 aliphatic heterocycles. The first-order valence-corrected chi connectivity index (χ1v) is 34.2. The van der Waals surface area contributed by atoms with Gasteiger partial charge in [-0.15, -0.1) is 0 Å². The van der Waals surface area contributed by atoms with Gasteiger partial charge in [-0.2, -0.15) is 29.9 Å². The van der Waals surface area contributed by atoms with E-state index in [1.807, 2.05) is 27.7 Å². The van der Waals surface area contributed by atoms with Gasteiger partial charge in [0.15, 0.2) is 0 Å². The van der Waals surface area contributed by atoms with Crippen molar-refractivity contribution in [3.8, 4) is 0 Å². The number of aromatic nitrogens is 6. The number of rotatable bonds is 30. The fourth-order valence-electron chi connectivity index (χ4n) is 8.25. The summed E-state index contributed by atoms with van der Waals surface area (Å²) < 4.78 is 223. The Labute approximate surface area is 658 Å². The summed E-state index contributed by atoms with van der Waals surface area (Å²) in [4.78, 5) is 25.0. The van der Waals surface area contributed by atoms with E-state index >= 15 is 0 Å². The molecule has 456 valence electrons. The van der Waals surface area contributed by atoms with Crippen molar-refractivity contribution in [2.45, 2.75) is 121 Å². The molecule has 0 spiro atoms. The molecule has 0 saturated carbocycles. The number of benzene rings is 4. The summed E-state index contributed by atoms with van der Waals surface area (Å²) in [6.45, 7) is 9.42. The van der Waals surface area contributed by atoms with Gasteiger partial charge in [0.1, 0.15) is 72.4 Å². The second-order valence-electron chi connectivity index (χ2n) is 18.9. The molecular weight excluding hydrogens is 1360 g/mol. The van der Waals surface area contributed by atoms with Crippen LogP contribution in [0.2, 0.25) is 0 Å². The maximum absolute atomic E-state index is 12.9. The Morgan fingerprint density at radius 2 is 0.789 bits per heavy atom. The van der Waals surface area contributed by atoms with Crippen LogP contribution < -0.4 is 198 Å². The molecule has 2 heterocycles. The molecule has 0 fully saturated rings. The van der Waals surface area contributed by atoms with Crippen LogP contribution in [-0.4, -0.2) is 134 Å². The van der Waals surface area contributed by atoms with E-state index in [2.05, 4.69) is 40.5 Å². The molecule has 0 unspecified atom stereocenters. The third kappa shape index (κ3) is 26.6. The molecule has 28 nitrogen and oxygen atoms in total. The van der Waals surface area contributed by atoms with Gasteiger partial charge in [-0.05, 0) is 103 Å². The van der Waals surface area contributed by atoms with E-state index in [0.29, 0.717) is 88.3 Å². The Bertz CT molecular complexity index is 3890. The van der Waals surface area contributed by atoms with Crippen molar-refractivity contribution in [2.24, 2.45) is 0 Å². The van der Waals surface area contributed by atoms with E-state index in [0.717, 1.165) is 56.0 Å². The van der Waals surface area contributed by atoms with E-state index < -0.39 is 114 Å². The molecule has 2 aromatic heterocycles. The summed E-state index contributed by atoms with van der Waals surface area (Å²) in [6, 6.07) is 10.8. The minimum atomic E-state index is -5.38. The van der Waals surface area contributed by atoms with Gasteiger partial charge in [-0.25, -0.2) is 50.5 Å². The zero-order valence-corrected chi connectivity index (χ0v) is 68.3. The van der Waals surface area contributed by atoms with Crippen molar-refractivity contribution < 1.29 is 255 Å². The smallest absolute Gasteiger partial charge is 0.744 e. The van der Waals surface area contributed by atoms with Crippen molar-refractivity contribution in [1.29, 1.82) is 0 Å². The van der Waals surface area contributed by atoms with Gasteiger partial charge in [-0.3, -0.25) is 0 Å². The number of hydrogen-bond donors (Lipinski definition) is 2. The van der Waals surface area contributed by atoms with Crippen LogP contribution in [-0.2, 0) is 73.6 Å². The molecule has 0 radical (unpaired) electrons. The van der Waals surface area contributed by atoms with Gasteiger partial charge in [0.05, 0.1) is 35.1 Å². The zero-order valence-electron chi connectivity index (χ0n) is 51.4. The van der Waals surface area contributed by atoms with Crippen LogP contribution in [0.5, 0.6) is 0 Å². The molecule has 90 heavy (non-hydrogen) atoms. The number of nitrogens with one attached hydrogen (secondary N) is 2. The molecule has 0 amide bonds. The number of unbranched alkanes of at least 4 members (excludes halogenated alkanes) is 4. The molecule has 0 saturated heterocycles. The van der Waals surface area contributed by atoms with Gasteiger partial charge in [0.2, 0.25) is 23.8 Å². The van der Waals surface area contributed by atoms with Crippen molar-refractivity contribution in [3.63, 3.8) is 0 Å². The monoisotopic (exact) mass is 1410 g/mol. The summed E-state index contributed by atoms with van der Waals surface area (Å²) in [7, 11) is -31.6. The van der Waals surface area contributed by atoms with Gasteiger partial charge in [-0.1, -0.05) is 83.7 Å². The molecular formula is C50H56N10Na6O18S6. The molecule has 4 aromatic carbocycles. The quantitative estimate of drug-likeness (QED) is 0.0240. The third-order valence-electron chi connectivity index (χ3n) is 12.4. The Kier molecular flexibility index (Phi) is 38.7. The number of hydrogen-bond acceptors (Lipinski definition) is 28. The molecule has 6 rings (SSSR count). The maximum atomic E-state index is 12.9. The average molecular weight is 1420 g/mol. The minimum Gasteiger partial charge on any atom is -0.744 e. The second kappa shape index (κ2) is 39.0. The van der Waals surface area contributed by atoms with E-state index in [1.54, 1.807) is 9.80 Å². The van der Waals surface area contributed by atoms with Crippen molar-refractivity contribution in [2.75, 3.05) is 46.6 Å². The summed E-state index contributed by atoms with van der Waals surface area (Å²) in [5.74, 6) is -1.01. The average Bonchev–Trinajstić information content (AvgIpc) is 3.59.